The number of para-hydroxylation sites is 1. The summed E-state index contributed by atoms with van der Waals surface area (Å²) in [6, 6.07) is 17.7. The van der Waals surface area contributed by atoms with E-state index in [-0.39, 0.29) is 4.90 Å². The van der Waals surface area contributed by atoms with Crippen LogP contribution in [0.4, 0.5) is 5.69 Å². The van der Waals surface area contributed by atoms with Crippen LogP contribution in [0.5, 0.6) is 11.5 Å². The highest BCUT2D eigenvalue weighted by atomic mass is 32.2. The lowest BCUT2D eigenvalue weighted by Crippen LogP contribution is -2.26. The largest absolute Gasteiger partial charge is 0.457 e. The highest BCUT2D eigenvalue weighted by Gasteiger charge is 2.23. The summed E-state index contributed by atoms with van der Waals surface area (Å²) < 4.78 is 38.0. The van der Waals surface area contributed by atoms with E-state index < -0.39 is 10.0 Å². The van der Waals surface area contributed by atoms with E-state index in [0.29, 0.717) is 34.0 Å². The van der Waals surface area contributed by atoms with Crippen molar-refractivity contribution in [1.29, 1.82) is 0 Å². The molecule has 0 amide bonds. The molecule has 8 heteroatoms. The van der Waals surface area contributed by atoms with Gasteiger partial charge < -0.3 is 9.26 Å². The Hall–Kier alpha value is -3.39. The highest BCUT2D eigenvalue weighted by molar-refractivity contribution is 7.92. The lowest BCUT2D eigenvalue weighted by atomic mass is 10.3. The van der Waals surface area contributed by atoms with Gasteiger partial charge in [0.2, 0.25) is 0 Å². The monoisotopic (exact) mass is 395 g/mol. The minimum Gasteiger partial charge on any atom is -0.457 e. The molecule has 28 heavy (non-hydrogen) atoms. The molecule has 2 heterocycles. The normalized spacial score (nSPS) is 11.5. The van der Waals surface area contributed by atoms with E-state index in [4.69, 9.17) is 9.26 Å². The van der Waals surface area contributed by atoms with Gasteiger partial charge in [0.15, 0.2) is 0 Å². The summed E-state index contributed by atoms with van der Waals surface area (Å²) >= 11 is 0. The van der Waals surface area contributed by atoms with Gasteiger partial charge >= 0.3 is 0 Å². The zero-order chi connectivity index (χ0) is 19.7. The van der Waals surface area contributed by atoms with Gasteiger partial charge in [0, 0.05) is 7.05 Å². The Morgan fingerprint density at radius 2 is 1.68 bits per heavy atom. The first-order valence-electron chi connectivity index (χ1n) is 8.49. The summed E-state index contributed by atoms with van der Waals surface area (Å²) in [5.74, 6) is 1.32. The molecule has 0 bridgehead atoms. The first-order chi connectivity index (χ1) is 13.4. The predicted molar refractivity (Wildman–Crippen MR) is 105 cm³/mol. The van der Waals surface area contributed by atoms with Crippen LogP contribution in [0.2, 0.25) is 0 Å². The number of sulfonamides is 1. The van der Waals surface area contributed by atoms with Gasteiger partial charge in [0.05, 0.1) is 23.0 Å². The first kappa shape index (κ1) is 18.0. The standard InChI is InChI=1S/C20H17N3O4S/c1-14-19-12-18(13-21-20(19)27-22-14)28(24,25)23(2)15-8-10-17(11-9-15)26-16-6-4-3-5-7-16/h3-13H,1-2H3. The topological polar surface area (TPSA) is 85.5 Å². The summed E-state index contributed by atoms with van der Waals surface area (Å²) in [6.45, 7) is 1.74. The van der Waals surface area contributed by atoms with Gasteiger partial charge in [-0.1, -0.05) is 23.4 Å². The van der Waals surface area contributed by atoms with Gasteiger partial charge in [-0.25, -0.2) is 13.4 Å². The van der Waals surface area contributed by atoms with E-state index in [9.17, 15) is 8.42 Å². The summed E-state index contributed by atoms with van der Waals surface area (Å²) in [4.78, 5) is 4.12. The average molecular weight is 395 g/mol. The third-order valence-electron chi connectivity index (χ3n) is 4.32. The second-order valence-corrected chi connectivity index (χ2v) is 8.14. The van der Waals surface area contributed by atoms with Crippen molar-refractivity contribution in [3.63, 3.8) is 0 Å². The average Bonchev–Trinajstić information content (AvgIpc) is 3.09. The first-order valence-corrected chi connectivity index (χ1v) is 9.93. The molecule has 2 aromatic heterocycles. The fourth-order valence-corrected chi connectivity index (χ4v) is 3.88. The van der Waals surface area contributed by atoms with Gasteiger partial charge in [-0.15, -0.1) is 0 Å². The summed E-state index contributed by atoms with van der Waals surface area (Å²) in [6.07, 6.45) is 1.27. The Labute approximate surface area is 162 Å². The maximum Gasteiger partial charge on any atom is 0.265 e. The van der Waals surface area contributed by atoms with Crippen LogP contribution in [-0.2, 0) is 10.0 Å². The van der Waals surface area contributed by atoms with Crippen LogP contribution in [0.1, 0.15) is 5.69 Å². The maximum absolute atomic E-state index is 13.0. The Bertz CT molecular complexity index is 1220. The number of nitrogens with zero attached hydrogens (tertiary/aromatic N) is 3. The van der Waals surface area contributed by atoms with Crippen LogP contribution in [0.15, 0.2) is 76.3 Å². The number of hydrogen-bond donors (Lipinski definition) is 0. The molecule has 0 saturated carbocycles. The van der Waals surface area contributed by atoms with Gasteiger partial charge in [0.1, 0.15) is 16.4 Å². The number of pyridine rings is 1. The smallest absolute Gasteiger partial charge is 0.265 e. The van der Waals surface area contributed by atoms with E-state index in [1.54, 1.807) is 31.2 Å². The van der Waals surface area contributed by atoms with Gasteiger partial charge in [-0.05, 0) is 49.4 Å². The Kier molecular flexibility index (Phi) is 4.48. The molecular formula is C20H17N3O4S. The molecule has 4 rings (SSSR count). The van der Waals surface area contributed by atoms with Crippen molar-refractivity contribution in [2.45, 2.75) is 11.8 Å². The Morgan fingerprint density at radius 1 is 1.00 bits per heavy atom. The molecule has 142 valence electrons. The zero-order valence-corrected chi connectivity index (χ0v) is 16.1. The third kappa shape index (κ3) is 3.29. The third-order valence-corrected chi connectivity index (χ3v) is 6.07. The van der Waals surface area contributed by atoms with E-state index >= 15 is 0 Å². The lowest BCUT2D eigenvalue weighted by molar-refractivity contribution is 0.442. The van der Waals surface area contributed by atoms with Crippen LogP contribution in [0.25, 0.3) is 11.1 Å². The van der Waals surface area contributed by atoms with Crippen LogP contribution in [-0.4, -0.2) is 25.6 Å². The number of aromatic nitrogens is 2. The predicted octanol–water partition coefficient (Wildman–Crippen LogP) is 4.15. The molecule has 0 spiro atoms. The minimum atomic E-state index is -3.79. The number of hydrogen-bond acceptors (Lipinski definition) is 6. The fraction of sp³-hybridized carbons (Fsp3) is 0.100. The molecule has 0 unspecified atom stereocenters. The highest BCUT2D eigenvalue weighted by Crippen LogP contribution is 2.28. The van der Waals surface area contributed by atoms with Crippen LogP contribution < -0.4 is 9.04 Å². The number of aryl methyl sites for hydroxylation is 1. The Morgan fingerprint density at radius 3 is 2.39 bits per heavy atom. The Balaban J connectivity index is 1.60. The quantitative estimate of drug-likeness (QED) is 0.505. The van der Waals surface area contributed by atoms with Crippen LogP contribution >= 0.6 is 0 Å². The van der Waals surface area contributed by atoms with E-state index in [2.05, 4.69) is 10.1 Å². The fourth-order valence-electron chi connectivity index (χ4n) is 2.71. The van der Waals surface area contributed by atoms with Crippen molar-refractivity contribution in [3.8, 4) is 11.5 Å². The number of benzene rings is 2. The van der Waals surface area contributed by atoms with Gasteiger partial charge in [0.25, 0.3) is 15.7 Å². The van der Waals surface area contributed by atoms with E-state index in [0.717, 1.165) is 0 Å². The minimum absolute atomic E-state index is 0.0680. The van der Waals surface area contributed by atoms with Gasteiger partial charge in [-0.2, -0.15) is 0 Å². The summed E-state index contributed by atoms with van der Waals surface area (Å²) in [5, 5.41) is 4.38. The van der Waals surface area contributed by atoms with Crippen molar-refractivity contribution in [2.75, 3.05) is 11.4 Å². The molecule has 0 aliphatic rings. The number of ether oxygens (including phenoxy) is 1. The molecule has 0 atom stereocenters. The molecule has 7 nitrogen and oxygen atoms in total. The van der Waals surface area contributed by atoms with Crippen molar-refractivity contribution in [3.05, 3.63) is 72.6 Å². The number of fused-ring (bicyclic) bond motifs is 1. The summed E-state index contributed by atoms with van der Waals surface area (Å²) in [5.41, 5.74) is 1.40. The zero-order valence-electron chi connectivity index (χ0n) is 15.2. The van der Waals surface area contributed by atoms with Crippen LogP contribution in [0.3, 0.4) is 0 Å². The molecule has 0 radical (unpaired) electrons. The lowest BCUT2D eigenvalue weighted by Gasteiger charge is -2.19. The molecule has 4 aromatic rings. The second-order valence-electron chi connectivity index (χ2n) is 6.17. The maximum atomic E-state index is 13.0. The molecule has 2 aromatic carbocycles. The SMILES string of the molecule is Cc1noc2ncc(S(=O)(=O)N(C)c3ccc(Oc4ccccc4)cc3)cc12. The molecule has 0 aliphatic carbocycles. The van der Waals surface area contributed by atoms with Crippen molar-refractivity contribution in [2.24, 2.45) is 0 Å². The van der Waals surface area contributed by atoms with Crippen LogP contribution in [0, 0.1) is 6.92 Å². The van der Waals surface area contributed by atoms with Crippen molar-refractivity contribution >= 4 is 26.8 Å². The van der Waals surface area contributed by atoms with Crippen molar-refractivity contribution < 1.29 is 17.7 Å². The van der Waals surface area contributed by atoms with Gasteiger partial charge in [-0.3, -0.25) is 4.31 Å². The molecule has 0 saturated heterocycles. The molecule has 0 fully saturated rings. The van der Waals surface area contributed by atoms with E-state index in [1.165, 1.54) is 23.6 Å². The van der Waals surface area contributed by atoms with E-state index in [1.807, 2.05) is 30.3 Å². The number of rotatable bonds is 5. The second kappa shape index (κ2) is 6.97. The number of anilines is 1. The van der Waals surface area contributed by atoms with Crippen molar-refractivity contribution in [1.82, 2.24) is 10.1 Å². The molecular weight excluding hydrogens is 378 g/mol. The molecule has 0 N–H and O–H groups in total. The summed E-state index contributed by atoms with van der Waals surface area (Å²) in [7, 11) is -2.30. The molecule has 0 aliphatic heterocycles.